The van der Waals surface area contributed by atoms with E-state index in [2.05, 4.69) is 0 Å². The Morgan fingerprint density at radius 3 is 1.31 bits per heavy atom. The second-order valence-electron chi connectivity index (χ2n) is 8.54. The number of ether oxygens (including phenoxy) is 11. The lowest BCUT2D eigenvalue weighted by Crippen LogP contribution is -2.24. The molecule has 0 aromatic heterocycles. The number of carbonyl (C=O) groups is 1. The largest absolute Gasteiger partial charge is 0.463 e. The summed E-state index contributed by atoms with van der Waals surface area (Å²) in [5, 5.41) is 0. The molecule has 232 valence electrons. The van der Waals surface area contributed by atoms with Crippen LogP contribution in [0.2, 0.25) is 0 Å². The molecule has 1 atom stereocenters. The van der Waals surface area contributed by atoms with Crippen LogP contribution in [0.15, 0.2) is 0 Å². The summed E-state index contributed by atoms with van der Waals surface area (Å²) in [6.07, 6.45) is 4.42. The Kier molecular flexibility index (Phi) is 27.8. The summed E-state index contributed by atoms with van der Waals surface area (Å²) >= 11 is 0. The number of rotatable bonds is 30. The van der Waals surface area contributed by atoms with Crippen molar-refractivity contribution in [2.24, 2.45) is 0 Å². The van der Waals surface area contributed by atoms with E-state index < -0.39 is 0 Å². The highest BCUT2D eigenvalue weighted by Crippen LogP contribution is 2.13. The van der Waals surface area contributed by atoms with Gasteiger partial charge in [0.15, 0.2) is 6.29 Å². The fourth-order valence-electron chi connectivity index (χ4n) is 3.21. The van der Waals surface area contributed by atoms with Crippen LogP contribution in [0.4, 0.5) is 0 Å². The van der Waals surface area contributed by atoms with Gasteiger partial charge in [-0.15, -0.1) is 0 Å². The molecule has 12 heteroatoms. The molecule has 0 saturated carbocycles. The Balaban J connectivity index is 1.62. The lowest BCUT2D eigenvalue weighted by atomic mass is 10.2. The van der Waals surface area contributed by atoms with Crippen LogP contribution >= 0.6 is 0 Å². The van der Waals surface area contributed by atoms with Crippen molar-refractivity contribution in [3.63, 3.8) is 0 Å². The summed E-state index contributed by atoms with van der Waals surface area (Å²) in [5.74, 6) is -0.185. The zero-order valence-corrected chi connectivity index (χ0v) is 23.9. The van der Waals surface area contributed by atoms with Gasteiger partial charge in [0, 0.05) is 13.0 Å². The highest BCUT2D eigenvalue weighted by atomic mass is 16.7. The Labute approximate surface area is 234 Å². The molecule has 1 saturated heterocycles. The van der Waals surface area contributed by atoms with Crippen molar-refractivity contribution in [1.29, 1.82) is 0 Å². The van der Waals surface area contributed by atoms with Crippen molar-refractivity contribution in [2.75, 3.05) is 126 Å². The van der Waals surface area contributed by atoms with Crippen molar-refractivity contribution in [1.82, 2.24) is 0 Å². The second-order valence-corrected chi connectivity index (χ2v) is 8.54. The lowest BCUT2D eigenvalue weighted by Gasteiger charge is -2.22. The first kappa shape index (κ1) is 36.1. The van der Waals surface area contributed by atoms with E-state index in [1.165, 1.54) is 0 Å². The van der Waals surface area contributed by atoms with E-state index >= 15 is 0 Å². The van der Waals surface area contributed by atoms with Crippen molar-refractivity contribution >= 4 is 5.97 Å². The van der Waals surface area contributed by atoms with Gasteiger partial charge in [0.2, 0.25) is 0 Å². The van der Waals surface area contributed by atoms with Gasteiger partial charge in [-0.2, -0.15) is 0 Å². The molecule has 0 bridgehead atoms. The summed E-state index contributed by atoms with van der Waals surface area (Å²) in [6, 6.07) is 0. The molecule has 1 rings (SSSR count). The minimum atomic E-state index is -0.185. The van der Waals surface area contributed by atoms with E-state index in [9.17, 15) is 4.79 Å². The van der Waals surface area contributed by atoms with Crippen LogP contribution in [0.25, 0.3) is 0 Å². The van der Waals surface area contributed by atoms with Crippen molar-refractivity contribution < 1.29 is 56.9 Å². The lowest BCUT2D eigenvalue weighted by molar-refractivity contribution is -0.169. The molecular formula is C27H52O12. The first-order valence-electron chi connectivity index (χ1n) is 14.3. The van der Waals surface area contributed by atoms with Gasteiger partial charge < -0.3 is 52.1 Å². The number of esters is 1. The summed E-state index contributed by atoms with van der Waals surface area (Å²) in [5.41, 5.74) is 0. The van der Waals surface area contributed by atoms with Crippen LogP contribution in [0.5, 0.6) is 0 Å². The third kappa shape index (κ3) is 27.0. The zero-order valence-electron chi connectivity index (χ0n) is 23.9. The van der Waals surface area contributed by atoms with Crippen LogP contribution < -0.4 is 0 Å². The molecule has 0 spiro atoms. The number of hydrogen-bond donors (Lipinski definition) is 0. The minimum absolute atomic E-state index is 0.0655. The van der Waals surface area contributed by atoms with Gasteiger partial charge in [0.25, 0.3) is 0 Å². The van der Waals surface area contributed by atoms with Gasteiger partial charge in [-0.3, -0.25) is 4.79 Å². The van der Waals surface area contributed by atoms with Gasteiger partial charge >= 0.3 is 5.97 Å². The Morgan fingerprint density at radius 2 is 0.949 bits per heavy atom. The first-order valence-corrected chi connectivity index (χ1v) is 14.3. The maximum atomic E-state index is 11.2. The molecule has 0 N–H and O–H groups in total. The van der Waals surface area contributed by atoms with Gasteiger partial charge in [-0.1, -0.05) is 6.92 Å². The Hall–Kier alpha value is -0.930. The van der Waals surface area contributed by atoms with Crippen LogP contribution in [0.3, 0.4) is 0 Å². The van der Waals surface area contributed by atoms with Crippen LogP contribution in [-0.4, -0.2) is 138 Å². The molecule has 0 aromatic rings. The molecule has 12 nitrogen and oxygen atoms in total. The van der Waals surface area contributed by atoms with E-state index in [1.54, 1.807) is 0 Å². The Bertz CT molecular complexity index is 505. The molecule has 0 aromatic carbocycles. The maximum Gasteiger partial charge on any atom is 0.305 e. The zero-order chi connectivity index (χ0) is 27.9. The number of carbonyl (C=O) groups excluding carboxylic acids is 1. The standard InChI is InChI=1S/C27H52O12/c1-2-5-26(28)37-24-22-35-20-18-33-16-14-31-12-10-29-8-9-30-11-13-32-15-17-34-19-21-36-23-25-39-27-6-3-4-7-38-27/h27H,2-25H2,1H3. The smallest absolute Gasteiger partial charge is 0.305 e. The van der Waals surface area contributed by atoms with E-state index in [4.69, 9.17) is 52.1 Å². The monoisotopic (exact) mass is 568 g/mol. The molecule has 39 heavy (non-hydrogen) atoms. The van der Waals surface area contributed by atoms with Gasteiger partial charge in [-0.25, -0.2) is 0 Å². The topological polar surface area (TPSA) is 119 Å². The summed E-state index contributed by atoms with van der Waals surface area (Å²) < 4.78 is 59.6. The Morgan fingerprint density at radius 1 is 0.564 bits per heavy atom. The summed E-state index contributed by atoms with van der Waals surface area (Å²) in [4.78, 5) is 11.2. The fourth-order valence-corrected chi connectivity index (χ4v) is 3.21. The van der Waals surface area contributed by atoms with Crippen molar-refractivity contribution in [3.05, 3.63) is 0 Å². The normalized spacial score (nSPS) is 15.6. The highest BCUT2D eigenvalue weighted by molar-refractivity contribution is 5.69. The second kappa shape index (κ2) is 30.0. The van der Waals surface area contributed by atoms with Crippen LogP contribution in [0, 0.1) is 0 Å². The third-order valence-electron chi connectivity index (χ3n) is 5.22. The summed E-state index contributed by atoms with van der Waals surface area (Å²) in [6.45, 7) is 11.5. The SMILES string of the molecule is CCCC(=O)OCCOCCOCCOCCOCCOCCOCCOCCOCCOC1CCCCO1. The quantitative estimate of drug-likeness (QED) is 0.0931. The average Bonchev–Trinajstić information content (AvgIpc) is 2.95. The van der Waals surface area contributed by atoms with E-state index in [-0.39, 0.29) is 18.9 Å². The predicted octanol–water partition coefficient (Wildman–Crippen LogP) is 2.01. The van der Waals surface area contributed by atoms with Crippen LogP contribution in [0.1, 0.15) is 39.0 Å². The fraction of sp³-hybridized carbons (Fsp3) is 0.963. The molecule has 1 heterocycles. The van der Waals surface area contributed by atoms with E-state index in [0.717, 1.165) is 32.3 Å². The third-order valence-corrected chi connectivity index (χ3v) is 5.22. The van der Waals surface area contributed by atoms with Crippen LogP contribution in [-0.2, 0) is 56.9 Å². The average molecular weight is 569 g/mol. The van der Waals surface area contributed by atoms with E-state index in [1.807, 2.05) is 6.92 Å². The minimum Gasteiger partial charge on any atom is -0.463 e. The molecule has 0 amide bonds. The van der Waals surface area contributed by atoms with E-state index in [0.29, 0.717) is 119 Å². The molecule has 1 fully saturated rings. The molecule has 0 radical (unpaired) electrons. The molecule has 1 aliphatic rings. The predicted molar refractivity (Wildman–Crippen MR) is 142 cm³/mol. The first-order chi connectivity index (χ1) is 19.3. The maximum absolute atomic E-state index is 11.2. The van der Waals surface area contributed by atoms with Crippen molar-refractivity contribution in [3.8, 4) is 0 Å². The molecule has 0 aliphatic carbocycles. The highest BCUT2D eigenvalue weighted by Gasteiger charge is 2.13. The molecule has 1 unspecified atom stereocenters. The van der Waals surface area contributed by atoms with Gasteiger partial charge in [0.1, 0.15) is 6.61 Å². The van der Waals surface area contributed by atoms with Crippen molar-refractivity contribution in [2.45, 2.75) is 45.3 Å². The molecule has 1 aliphatic heterocycles. The van der Waals surface area contributed by atoms with Gasteiger partial charge in [0.05, 0.1) is 112 Å². The number of hydrogen-bond acceptors (Lipinski definition) is 12. The summed E-state index contributed by atoms with van der Waals surface area (Å²) in [7, 11) is 0. The van der Waals surface area contributed by atoms with Gasteiger partial charge in [-0.05, 0) is 25.7 Å². The molecular weight excluding hydrogens is 516 g/mol.